The van der Waals surface area contributed by atoms with E-state index in [1.165, 1.54) is 0 Å². The SMILES string of the molecule is O=CNCCc1cc[nH]n1. The van der Waals surface area contributed by atoms with Crippen LogP contribution in [0.2, 0.25) is 0 Å². The number of aromatic amines is 1. The van der Waals surface area contributed by atoms with Crippen LogP contribution in [0.4, 0.5) is 0 Å². The Hall–Kier alpha value is -1.32. The second kappa shape index (κ2) is 3.66. The summed E-state index contributed by atoms with van der Waals surface area (Å²) in [6, 6.07) is 1.88. The Morgan fingerprint density at radius 3 is 3.30 bits per heavy atom. The highest BCUT2D eigenvalue weighted by atomic mass is 16.1. The first-order chi connectivity index (χ1) is 4.93. The molecule has 4 nitrogen and oxygen atoms in total. The maximum atomic E-state index is 9.79. The lowest BCUT2D eigenvalue weighted by Gasteiger charge is -1.92. The van der Waals surface area contributed by atoms with Crippen molar-refractivity contribution >= 4 is 6.41 Å². The Morgan fingerprint density at radius 1 is 1.80 bits per heavy atom. The Balaban J connectivity index is 2.21. The number of rotatable bonds is 4. The van der Waals surface area contributed by atoms with Gasteiger partial charge >= 0.3 is 0 Å². The zero-order chi connectivity index (χ0) is 7.23. The molecule has 0 aliphatic rings. The van der Waals surface area contributed by atoms with E-state index in [1.807, 2.05) is 6.07 Å². The predicted molar refractivity (Wildman–Crippen MR) is 36.4 cm³/mol. The van der Waals surface area contributed by atoms with E-state index >= 15 is 0 Å². The summed E-state index contributed by atoms with van der Waals surface area (Å²) in [5.74, 6) is 0. The maximum Gasteiger partial charge on any atom is 0.207 e. The van der Waals surface area contributed by atoms with Crippen molar-refractivity contribution in [1.82, 2.24) is 15.5 Å². The van der Waals surface area contributed by atoms with Gasteiger partial charge in [-0.2, -0.15) is 5.10 Å². The molecule has 0 aliphatic heterocycles. The van der Waals surface area contributed by atoms with Crippen molar-refractivity contribution in [2.24, 2.45) is 0 Å². The molecule has 2 N–H and O–H groups in total. The third-order valence-electron chi connectivity index (χ3n) is 1.17. The smallest absolute Gasteiger partial charge is 0.207 e. The Labute approximate surface area is 58.6 Å². The molecule has 1 heterocycles. The van der Waals surface area contributed by atoms with Gasteiger partial charge in [0.15, 0.2) is 0 Å². The van der Waals surface area contributed by atoms with Gasteiger partial charge in [0, 0.05) is 19.2 Å². The largest absolute Gasteiger partial charge is 0.358 e. The van der Waals surface area contributed by atoms with Gasteiger partial charge in [0.05, 0.1) is 5.69 Å². The van der Waals surface area contributed by atoms with Crippen molar-refractivity contribution in [1.29, 1.82) is 0 Å². The van der Waals surface area contributed by atoms with Crippen molar-refractivity contribution in [2.45, 2.75) is 6.42 Å². The third-order valence-corrected chi connectivity index (χ3v) is 1.17. The molecule has 1 amide bonds. The molecule has 0 atom stereocenters. The number of aromatic nitrogens is 2. The lowest BCUT2D eigenvalue weighted by atomic mass is 10.3. The van der Waals surface area contributed by atoms with E-state index in [4.69, 9.17) is 0 Å². The molecule has 4 heteroatoms. The number of nitrogens with zero attached hydrogens (tertiary/aromatic N) is 1. The van der Waals surface area contributed by atoms with E-state index in [0.29, 0.717) is 13.0 Å². The summed E-state index contributed by atoms with van der Waals surface area (Å²) in [4.78, 5) is 9.79. The zero-order valence-electron chi connectivity index (χ0n) is 5.50. The van der Waals surface area contributed by atoms with Gasteiger partial charge in [-0.05, 0) is 6.07 Å². The van der Waals surface area contributed by atoms with E-state index in [2.05, 4.69) is 15.5 Å². The molecule has 0 radical (unpaired) electrons. The van der Waals surface area contributed by atoms with Crippen molar-refractivity contribution < 1.29 is 4.79 Å². The highest BCUT2D eigenvalue weighted by Crippen LogP contribution is 1.89. The molecule has 0 bridgehead atoms. The minimum Gasteiger partial charge on any atom is -0.358 e. The summed E-state index contributed by atoms with van der Waals surface area (Å²) >= 11 is 0. The van der Waals surface area contributed by atoms with Crippen molar-refractivity contribution in [2.75, 3.05) is 6.54 Å². The molecule has 0 saturated heterocycles. The normalized spacial score (nSPS) is 9.20. The lowest BCUT2D eigenvalue weighted by molar-refractivity contribution is -0.109. The second-order valence-electron chi connectivity index (χ2n) is 1.89. The highest BCUT2D eigenvalue weighted by molar-refractivity contribution is 5.45. The van der Waals surface area contributed by atoms with Crippen LogP contribution in [-0.2, 0) is 11.2 Å². The second-order valence-corrected chi connectivity index (χ2v) is 1.89. The number of carbonyl (C=O) groups excluding carboxylic acids is 1. The molecule has 54 valence electrons. The topological polar surface area (TPSA) is 57.8 Å². The quantitative estimate of drug-likeness (QED) is 0.444. The predicted octanol–water partition coefficient (Wildman–Crippen LogP) is -0.302. The highest BCUT2D eigenvalue weighted by Gasteiger charge is 1.91. The van der Waals surface area contributed by atoms with Crippen LogP contribution in [0, 0.1) is 0 Å². The number of carbonyl (C=O) groups is 1. The van der Waals surface area contributed by atoms with Crippen molar-refractivity contribution in [3.63, 3.8) is 0 Å². The molecule has 0 aliphatic carbocycles. The van der Waals surface area contributed by atoms with E-state index in [0.717, 1.165) is 12.1 Å². The Kier molecular flexibility index (Phi) is 2.49. The molecular formula is C6H9N3O. The zero-order valence-corrected chi connectivity index (χ0v) is 5.50. The Morgan fingerprint density at radius 2 is 2.70 bits per heavy atom. The van der Waals surface area contributed by atoms with E-state index in [9.17, 15) is 4.79 Å². The van der Waals surface area contributed by atoms with Gasteiger partial charge in [-0.15, -0.1) is 0 Å². The lowest BCUT2D eigenvalue weighted by Crippen LogP contribution is -2.14. The van der Waals surface area contributed by atoms with Gasteiger partial charge in [-0.3, -0.25) is 9.89 Å². The monoisotopic (exact) mass is 139 g/mol. The van der Waals surface area contributed by atoms with E-state index < -0.39 is 0 Å². The fraction of sp³-hybridized carbons (Fsp3) is 0.333. The molecule has 0 saturated carbocycles. The summed E-state index contributed by atoms with van der Waals surface area (Å²) in [5, 5.41) is 9.15. The number of hydrogen-bond acceptors (Lipinski definition) is 2. The van der Waals surface area contributed by atoms with Crippen LogP contribution in [0.25, 0.3) is 0 Å². The van der Waals surface area contributed by atoms with Gasteiger partial charge in [-0.25, -0.2) is 0 Å². The van der Waals surface area contributed by atoms with Crippen LogP contribution in [-0.4, -0.2) is 23.2 Å². The van der Waals surface area contributed by atoms with Crippen LogP contribution >= 0.6 is 0 Å². The first kappa shape index (κ1) is 6.80. The van der Waals surface area contributed by atoms with Crippen LogP contribution in [0.15, 0.2) is 12.3 Å². The molecule has 0 fully saturated rings. The number of amides is 1. The molecule has 0 aromatic carbocycles. The summed E-state index contributed by atoms with van der Waals surface area (Å²) in [7, 11) is 0. The molecule has 0 unspecified atom stereocenters. The molecular weight excluding hydrogens is 130 g/mol. The average molecular weight is 139 g/mol. The number of hydrogen-bond donors (Lipinski definition) is 2. The van der Waals surface area contributed by atoms with Gasteiger partial charge in [0.25, 0.3) is 0 Å². The molecule has 10 heavy (non-hydrogen) atoms. The molecule has 0 spiro atoms. The van der Waals surface area contributed by atoms with Crippen LogP contribution < -0.4 is 5.32 Å². The molecule has 1 aromatic heterocycles. The van der Waals surface area contributed by atoms with E-state index in [1.54, 1.807) is 6.20 Å². The summed E-state index contributed by atoms with van der Waals surface area (Å²) in [6.45, 7) is 0.647. The van der Waals surface area contributed by atoms with E-state index in [-0.39, 0.29) is 0 Å². The first-order valence-corrected chi connectivity index (χ1v) is 3.09. The number of nitrogens with one attached hydrogen (secondary N) is 2. The van der Waals surface area contributed by atoms with Crippen molar-refractivity contribution in [3.05, 3.63) is 18.0 Å². The summed E-state index contributed by atoms with van der Waals surface area (Å²) < 4.78 is 0. The number of H-pyrrole nitrogens is 1. The summed E-state index contributed by atoms with van der Waals surface area (Å²) in [5.41, 5.74) is 0.967. The van der Waals surface area contributed by atoms with Crippen LogP contribution in [0.5, 0.6) is 0 Å². The van der Waals surface area contributed by atoms with Gasteiger partial charge in [0.1, 0.15) is 0 Å². The Bertz CT molecular complexity index is 183. The fourth-order valence-corrected chi connectivity index (χ4v) is 0.689. The van der Waals surface area contributed by atoms with Gasteiger partial charge in [-0.1, -0.05) is 0 Å². The first-order valence-electron chi connectivity index (χ1n) is 3.09. The van der Waals surface area contributed by atoms with Gasteiger partial charge < -0.3 is 5.32 Å². The maximum absolute atomic E-state index is 9.79. The third kappa shape index (κ3) is 1.89. The van der Waals surface area contributed by atoms with Gasteiger partial charge in [0.2, 0.25) is 6.41 Å². The minimum atomic E-state index is 0.647. The average Bonchev–Trinajstić information content (AvgIpc) is 2.41. The standard InChI is InChI=1S/C6H9N3O/c10-5-7-3-1-6-2-4-8-9-6/h2,4-5H,1,3H2,(H,7,10)(H,8,9). The molecule has 1 aromatic rings. The van der Waals surface area contributed by atoms with Crippen molar-refractivity contribution in [3.8, 4) is 0 Å². The fourth-order valence-electron chi connectivity index (χ4n) is 0.689. The molecule has 1 rings (SSSR count). The van der Waals surface area contributed by atoms with Crippen LogP contribution in [0.3, 0.4) is 0 Å². The minimum absolute atomic E-state index is 0.647. The van der Waals surface area contributed by atoms with Crippen LogP contribution in [0.1, 0.15) is 5.69 Å². The summed E-state index contributed by atoms with van der Waals surface area (Å²) in [6.07, 6.45) is 3.23.